The van der Waals surface area contributed by atoms with Crippen molar-refractivity contribution < 1.29 is 9.90 Å². The van der Waals surface area contributed by atoms with Gasteiger partial charge < -0.3 is 15.3 Å². The van der Waals surface area contributed by atoms with Crippen molar-refractivity contribution in [2.75, 3.05) is 25.5 Å². The fourth-order valence-corrected chi connectivity index (χ4v) is 1.15. The average molecular weight is 238 g/mol. The largest absolute Gasteiger partial charge is 0.476 e. The fourth-order valence-electron chi connectivity index (χ4n) is 1.15. The van der Waals surface area contributed by atoms with Crippen LogP contribution in [0.3, 0.4) is 0 Å². The topological polar surface area (TPSA) is 78.4 Å². The van der Waals surface area contributed by atoms with Crippen LogP contribution < -0.4 is 5.32 Å². The van der Waals surface area contributed by atoms with E-state index in [0.717, 1.165) is 13.1 Å². The van der Waals surface area contributed by atoms with Crippen LogP contribution in [0.1, 0.15) is 24.3 Å². The molecule has 1 rings (SSSR count). The van der Waals surface area contributed by atoms with Crippen LogP contribution >= 0.6 is 0 Å². The normalized spacial score (nSPS) is 10.9. The fraction of sp³-hybridized carbons (Fsp3) is 0.545. The molecule has 0 saturated carbocycles. The van der Waals surface area contributed by atoms with Gasteiger partial charge >= 0.3 is 5.97 Å². The lowest BCUT2D eigenvalue weighted by Gasteiger charge is -2.20. The first-order chi connectivity index (χ1) is 8.00. The van der Waals surface area contributed by atoms with Crippen LogP contribution in [0, 0.1) is 0 Å². The third kappa shape index (κ3) is 4.36. The molecule has 0 fully saturated rings. The van der Waals surface area contributed by atoms with E-state index in [4.69, 9.17) is 5.11 Å². The molecule has 0 aliphatic carbocycles. The Balaban J connectivity index is 2.40. The van der Waals surface area contributed by atoms with E-state index in [9.17, 15) is 4.79 Å². The van der Waals surface area contributed by atoms with E-state index in [1.165, 1.54) is 12.4 Å². The Hall–Kier alpha value is -1.69. The smallest absolute Gasteiger partial charge is 0.356 e. The number of anilines is 1. The minimum atomic E-state index is -1.07. The quantitative estimate of drug-likeness (QED) is 0.767. The van der Waals surface area contributed by atoms with Crippen molar-refractivity contribution >= 4 is 11.8 Å². The van der Waals surface area contributed by atoms with Crippen LogP contribution in [-0.4, -0.2) is 52.1 Å². The molecule has 2 N–H and O–H groups in total. The van der Waals surface area contributed by atoms with Crippen LogP contribution in [0.2, 0.25) is 0 Å². The zero-order valence-corrected chi connectivity index (χ0v) is 10.3. The number of hydrogen-bond donors (Lipinski definition) is 2. The average Bonchev–Trinajstić information content (AvgIpc) is 2.29. The third-order valence-corrected chi connectivity index (χ3v) is 2.52. The molecule has 6 heteroatoms. The molecule has 0 saturated heterocycles. The lowest BCUT2D eigenvalue weighted by molar-refractivity contribution is 0.0690. The van der Waals surface area contributed by atoms with Gasteiger partial charge in [0.05, 0.1) is 12.4 Å². The first-order valence-electron chi connectivity index (χ1n) is 5.50. The van der Waals surface area contributed by atoms with Crippen LogP contribution in [0.4, 0.5) is 5.82 Å². The SMILES string of the molecule is CC(C)N(C)CCNc1cnc(C(=O)O)cn1. The van der Waals surface area contributed by atoms with Crippen molar-refractivity contribution in [3.8, 4) is 0 Å². The van der Waals surface area contributed by atoms with Gasteiger partial charge in [-0.1, -0.05) is 0 Å². The van der Waals surface area contributed by atoms with Gasteiger partial charge in [0.1, 0.15) is 5.82 Å². The molecule has 0 spiro atoms. The van der Waals surface area contributed by atoms with Gasteiger partial charge in [-0.05, 0) is 20.9 Å². The molecule has 17 heavy (non-hydrogen) atoms. The molecule has 0 unspecified atom stereocenters. The Labute approximate surface area is 101 Å². The van der Waals surface area contributed by atoms with Crippen molar-refractivity contribution in [2.45, 2.75) is 19.9 Å². The molecule has 94 valence electrons. The van der Waals surface area contributed by atoms with Gasteiger partial charge in [0, 0.05) is 19.1 Å². The zero-order chi connectivity index (χ0) is 12.8. The number of hydrogen-bond acceptors (Lipinski definition) is 5. The lowest BCUT2D eigenvalue weighted by Crippen LogP contribution is -2.31. The maximum Gasteiger partial charge on any atom is 0.356 e. The number of likely N-dealkylation sites (N-methyl/N-ethyl adjacent to an activating group) is 1. The Bertz CT molecular complexity index is 364. The number of aromatic nitrogens is 2. The summed E-state index contributed by atoms with van der Waals surface area (Å²) < 4.78 is 0. The van der Waals surface area contributed by atoms with Crippen molar-refractivity contribution in [1.29, 1.82) is 0 Å². The number of carboxylic acids is 1. The maximum absolute atomic E-state index is 10.6. The second-order valence-corrected chi connectivity index (χ2v) is 4.09. The van der Waals surface area contributed by atoms with E-state index >= 15 is 0 Å². The van der Waals surface area contributed by atoms with Gasteiger partial charge in [-0.2, -0.15) is 0 Å². The first kappa shape index (κ1) is 13.4. The summed E-state index contributed by atoms with van der Waals surface area (Å²) in [4.78, 5) is 20.5. The summed E-state index contributed by atoms with van der Waals surface area (Å²) in [6.07, 6.45) is 2.68. The molecule has 0 amide bonds. The Morgan fingerprint density at radius 2 is 2.18 bits per heavy atom. The summed E-state index contributed by atoms with van der Waals surface area (Å²) in [6, 6.07) is 0.497. The zero-order valence-electron chi connectivity index (χ0n) is 10.3. The second-order valence-electron chi connectivity index (χ2n) is 4.09. The highest BCUT2D eigenvalue weighted by molar-refractivity contribution is 5.84. The van der Waals surface area contributed by atoms with Gasteiger partial charge in [0.2, 0.25) is 0 Å². The first-order valence-corrected chi connectivity index (χ1v) is 5.50. The van der Waals surface area contributed by atoms with Crippen molar-refractivity contribution in [1.82, 2.24) is 14.9 Å². The number of carboxylic acid groups (broad SMARTS) is 1. The van der Waals surface area contributed by atoms with Gasteiger partial charge in [-0.25, -0.2) is 14.8 Å². The Morgan fingerprint density at radius 1 is 1.47 bits per heavy atom. The monoisotopic (exact) mass is 238 g/mol. The number of aromatic carboxylic acids is 1. The van der Waals surface area contributed by atoms with E-state index in [1.807, 2.05) is 7.05 Å². The molecule has 0 radical (unpaired) electrons. The number of nitrogens with zero attached hydrogens (tertiary/aromatic N) is 3. The van der Waals surface area contributed by atoms with E-state index < -0.39 is 5.97 Å². The molecule has 0 bridgehead atoms. The summed E-state index contributed by atoms with van der Waals surface area (Å²) >= 11 is 0. The van der Waals surface area contributed by atoms with Crippen molar-refractivity contribution in [3.63, 3.8) is 0 Å². The third-order valence-electron chi connectivity index (χ3n) is 2.52. The van der Waals surface area contributed by atoms with Gasteiger partial charge in [0.15, 0.2) is 5.69 Å². The Morgan fingerprint density at radius 3 is 2.65 bits per heavy atom. The number of nitrogens with one attached hydrogen (secondary N) is 1. The molecular formula is C11H18N4O2. The molecule has 1 aromatic heterocycles. The Kier molecular flexibility index (Phi) is 4.84. The van der Waals surface area contributed by atoms with E-state index in [0.29, 0.717) is 11.9 Å². The standard InChI is InChI=1S/C11H18N4O2/c1-8(2)15(3)5-4-12-10-7-13-9(6-14-10)11(16)17/h6-8H,4-5H2,1-3H3,(H,12,14)(H,16,17). The van der Waals surface area contributed by atoms with Crippen LogP contribution in [0.5, 0.6) is 0 Å². The lowest BCUT2D eigenvalue weighted by atomic mass is 10.3. The molecule has 0 atom stereocenters. The molecule has 6 nitrogen and oxygen atoms in total. The second kappa shape index (κ2) is 6.15. The summed E-state index contributed by atoms with van der Waals surface area (Å²) in [6.45, 7) is 5.89. The summed E-state index contributed by atoms with van der Waals surface area (Å²) in [7, 11) is 2.05. The highest BCUT2D eigenvalue weighted by Gasteiger charge is 2.05. The van der Waals surface area contributed by atoms with E-state index in [1.54, 1.807) is 0 Å². The molecule has 0 aliphatic heterocycles. The molecule has 0 aliphatic rings. The number of carbonyl (C=O) groups is 1. The molecule has 1 heterocycles. The van der Waals surface area contributed by atoms with Gasteiger partial charge in [-0.15, -0.1) is 0 Å². The van der Waals surface area contributed by atoms with Crippen LogP contribution in [0.25, 0.3) is 0 Å². The number of rotatable bonds is 6. The van der Waals surface area contributed by atoms with E-state index in [2.05, 4.69) is 34.0 Å². The summed E-state index contributed by atoms with van der Waals surface area (Å²) in [5.41, 5.74) is -0.0464. The van der Waals surface area contributed by atoms with Crippen LogP contribution in [-0.2, 0) is 0 Å². The van der Waals surface area contributed by atoms with E-state index in [-0.39, 0.29) is 5.69 Å². The molecule has 0 aromatic carbocycles. The summed E-state index contributed by atoms with van der Waals surface area (Å²) in [5, 5.41) is 11.7. The highest BCUT2D eigenvalue weighted by Crippen LogP contribution is 2.01. The van der Waals surface area contributed by atoms with Crippen molar-refractivity contribution in [2.24, 2.45) is 0 Å². The van der Waals surface area contributed by atoms with Gasteiger partial charge in [0.25, 0.3) is 0 Å². The van der Waals surface area contributed by atoms with Crippen molar-refractivity contribution in [3.05, 3.63) is 18.1 Å². The predicted octanol–water partition coefficient (Wildman–Crippen LogP) is 0.927. The summed E-state index contributed by atoms with van der Waals surface area (Å²) in [5.74, 6) is -0.476. The molecule has 1 aromatic rings. The van der Waals surface area contributed by atoms with Gasteiger partial charge in [-0.3, -0.25) is 0 Å². The van der Waals surface area contributed by atoms with Crippen LogP contribution in [0.15, 0.2) is 12.4 Å². The minimum Gasteiger partial charge on any atom is -0.476 e. The molecular weight excluding hydrogens is 220 g/mol. The maximum atomic E-state index is 10.6. The predicted molar refractivity (Wildman–Crippen MR) is 65.2 cm³/mol. The highest BCUT2D eigenvalue weighted by atomic mass is 16.4. The minimum absolute atomic E-state index is 0.0464.